The van der Waals surface area contributed by atoms with Gasteiger partial charge in [-0.15, -0.1) is 11.3 Å². The lowest BCUT2D eigenvalue weighted by molar-refractivity contribution is 0.00578. The lowest BCUT2D eigenvalue weighted by Crippen LogP contribution is -2.41. The molecule has 0 bridgehead atoms. The van der Waals surface area contributed by atoms with Crippen molar-refractivity contribution in [1.82, 2.24) is 0 Å². The Balaban J connectivity index is 1.30. The van der Waals surface area contributed by atoms with Gasteiger partial charge in [0, 0.05) is 10.1 Å². The molecule has 5 aromatic rings. The van der Waals surface area contributed by atoms with Crippen molar-refractivity contribution >= 4 is 34.0 Å². The number of halogens is 1. The summed E-state index contributed by atoms with van der Waals surface area (Å²) < 4.78 is 39.7. The fourth-order valence-electron chi connectivity index (χ4n) is 4.57. The Kier molecular flexibility index (Phi) is 6.91. The Morgan fingerprint density at radius 1 is 0.775 bits per heavy atom. The third-order valence-electron chi connectivity index (χ3n) is 7.60. The van der Waals surface area contributed by atoms with E-state index in [1.165, 1.54) is 12.1 Å². The van der Waals surface area contributed by atoms with E-state index in [2.05, 4.69) is 0 Å². The average molecular weight is 552 g/mol. The molecule has 0 aliphatic carbocycles. The highest BCUT2D eigenvalue weighted by Gasteiger charge is 2.51. The molecule has 1 aromatic heterocycles. The Labute approximate surface area is 238 Å². The van der Waals surface area contributed by atoms with Crippen molar-refractivity contribution in [3.63, 3.8) is 0 Å². The molecule has 0 atom stereocenters. The number of hydrogen-bond acceptors (Lipinski definition) is 5. The van der Waals surface area contributed by atoms with E-state index in [4.69, 9.17) is 18.8 Å². The van der Waals surface area contributed by atoms with Crippen LogP contribution in [0.5, 0.6) is 17.2 Å². The van der Waals surface area contributed by atoms with Crippen LogP contribution in [0, 0.1) is 5.82 Å². The van der Waals surface area contributed by atoms with E-state index in [1.54, 1.807) is 23.5 Å². The normalized spacial score (nSPS) is 15.9. The third-order valence-corrected chi connectivity index (χ3v) is 8.78. The van der Waals surface area contributed by atoms with Crippen molar-refractivity contribution in [2.24, 2.45) is 0 Å². The van der Waals surface area contributed by atoms with E-state index in [0.29, 0.717) is 12.4 Å². The largest absolute Gasteiger partial charge is 0.494 e. The first kappa shape index (κ1) is 26.6. The van der Waals surface area contributed by atoms with Gasteiger partial charge in [-0.1, -0.05) is 54.6 Å². The van der Waals surface area contributed by atoms with E-state index < -0.39 is 18.3 Å². The van der Waals surface area contributed by atoms with Gasteiger partial charge in [0.15, 0.2) is 5.75 Å². The summed E-state index contributed by atoms with van der Waals surface area (Å²) >= 11 is 1.59. The quantitative estimate of drug-likeness (QED) is 0.190. The van der Waals surface area contributed by atoms with Gasteiger partial charge in [-0.25, -0.2) is 4.39 Å². The van der Waals surface area contributed by atoms with Crippen LogP contribution in [0.1, 0.15) is 33.3 Å². The molecule has 0 spiro atoms. The lowest BCUT2D eigenvalue weighted by atomic mass is 9.79. The average Bonchev–Trinajstić information content (AvgIpc) is 3.40. The predicted octanol–water partition coefficient (Wildman–Crippen LogP) is 8.38. The van der Waals surface area contributed by atoms with Gasteiger partial charge >= 0.3 is 7.12 Å². The van der Waals surface area contributed by atoms with Crippen molar-refractivity contribution in [1.29, 1.82) is 0 Å². The highest BCUT2D eigenvalue weighted by molar-refractivity contribution is 7.22. The van der Waals surface area contributed by atoms with Crippen LogP contribution < -0.4 is 14.9 Å². The van der Waals surface area contributed by atoms with E-state index in [-0.39, 0.29) is 5.82 Å². The molecule has 0 amide bonds. The number of ether oxygens (including phenoxy) is 2. The molecule has 0 unspecified atom stereocenters. The highest BCUT2D eigenvalue weighted by Crippen LogP contribution is 2.47. The third kappa shape index (κ3) is 5.25. The fraction of sp³-hybridized carbons (Fsp3) is 0.212. The monoisotopic (exact) mass is 552 g/mol. The SMILES string of the molecule is CC1(C)OB(c2ccc(Oc3c(-c4ccc(F)cc4)sc4cc(OCc5ccccc5)ccc34)cc2)OC1(C)C. The molecule has 4 nitrogen and oxygen atoms in total. The van der Waals surface area contributed by atoms with Crippen LogP contribution in [0.25, 0.3) is 20.5 Å². The zero-order valence-electron chi connectivity index (χ0n) is 22.9. The number of rotatable bonds is 7. The topological polar surface area (TPSA) is 36.9 Å². The summed E-state index contributed by atoms with van der Waals surface area (Å²) in [5, 5.41) is 0.964. The first-order valence-electron chi connectivity index (χ1n) is 13.3. The zero-order valence-corrected chi connectivity index (χ0v) is 23.8. The molecule has 1 fully saturated rings. The van der Waals surface area contributed by atoms with Crippen molar-refractivity contribution in [3.05, 3.63) is 108 Å². The van der Waals surface area contributed by atoms with Gasteiger partial charge in [-0.2, -0.15) is 0 Å². The molecular formula is C33H30BFO4S. The molecule has 0 radical (unpaired) electrons. The lowest BCUT2D eigenvalue weighted by Gasteiger charge is -2.32. The minimum absolute atomic E-state index is 0.276. The molecule has 2 heterocycles. The Bertz CT molecular complexity index is 1610. The number of thiophene rings is 1. The summed E-state index contributed by atoms with van der Waals surface area (Å²) in [6, 6.07) is 30.4. The smallest absolute Gasteiger partial charge is 0.489 e. The summed E-state index contributed by atoms with van der Waals surface area (Å²) in [5.41, 5.74) is 2.11. The molecule has 1 aliphatic heterocycles. The molecule has 40 heavy (non-hydrogen) atoms. The Morgan fingerprint density at radius 3 is 2.10 bits per heavy atom. The second-order valence-electron chi connectivity index (χ2n) is 11.0. The van der Waals surface area contributed by atoms with Gasteiger partial charge in [0.25, 0.3) is 0 Å². The minimum atomic E-state index is -0.440. The van der Waals surface area contributed by atoms with E-state index in [9.17, 15) is 4.39 Å². The Morgan fingerprint density at radius 2 is 1.43 bits per heavy atom. The molecule has 4 aromatic carbocycles. The second-order valence-corrected chi connectivity index (χ2v) is 12.0. The fourth-order valence-corrected chi connectivity index (χ4v) is 5.73. The summed E-state index contributed by atoms with van der Waals surface area (Å²) in [5.74, 6) is 1.92. The minimum Gasteiger partial charge on any atom is -0.489 e. The van der Waals surface area contributed by atoms with Crippen molar-refractivity contribution < 1.29 is 23.2 Å². The Hall–Kier alpha value is -3.65. The van der Waals surface area contributed by atoms with Crippen LogP contribution in [0.3, 0.4) is 0 Å². The van der Waals surface area contributed by atoms with E-state index in [0.717, 1.165) is 43.1 Å². The van der Waals surface area contributed by atoms with Crippen LogP contribution in [0.2, 0.25) is 0 Å². The first-order chi connectivity index (χ1) is 19.2. The van der Waals surface area contributed by atoms with Gasteiger partial charge in [-0.05, 0) is 86.7 Å². The number of benzene rings is 4. The van der Waals surface area contributed by atoms with Crippen molar-refractivity contribution in [3.8, 4) is 27.7 Å². The summed E-state index contributed by atoms with van der Waals surface area (Å²) in [7, 11) is -0.440. The van der Waals surface area contributed by atoms with Crippen LogP contribution in [0.4, 0.5) is 4.39 Å². The zero-order chi connectivity index (χ0) is 27.9. The first-order valence-corrected chi connectivity index (χ1v) is 14.1. The summed E-state index contributed by atoms with van der Waals surface area (Å²) in [4.78, 5) is 0.922. The molecule has 0 saturated carbocycles. The van der Waals surface area contributed by atoms with Crippen LogP contribution in [-0.4, -0.2) is 18.3 Å². The predicted molar refractivity (Wildman–Crippen MR) is 160 cm³/mol. The maximum atomic E-state index is 13.7. The summed E-state index contributed by atoms with van der Waals surface area (Å²) in [6.07, 6.45) is 0. The van der Waals surface area contributed by atoms with Crippen LogP contribution in [0.15, 0.2) is 97.1 Å². The van der Waals surface area contributed by atoms with Gasteiger partial charge in [0.05, 0.1) is 16.1 Å². The maximum absolute atomic E-state index is 13.7. The molecule has 1 saturated heterocycles. The second kappa shape index (κ2) is 10.4. The van der Waals surface area contributed by atoms with Gasteiger partial charge in [-0.3, -0.25) is 0 Å². The van der Waals surface area contributed by atoms with Crippen molar-refractivity contribution in [2.45, 2.75) is 45.5 Å². The van der Waals surface area contributed by atoms with Crippen LogP contribution in [-0.2, 0) is 15.9 Å². The molecule has 7 heteroatoms. The van der Waals surface area contributed by atoms with E-state index in [1.807, 2.05) is 100 Å². The number of fused-ring (bicyclic) bond motifs is 1. The van der Waals surface area contributed by atoms with Gasteiger partial charge in [0.2, 0.25) is 0 Å². The molecule has 0 N–H and O–H groups in total. The maximum Gasteiger partial charge on any atom is 0.494 e. The summed E-state index contributed by atoms with van der Waals surface area (Å²) in [6.45, 7) is 8.66. The van der Waals surface area contributed by atoms with Crippen molar-refractivity contribution in [2.75, 3.05) is 0 Å². The standard InChI is InChI=1S/C33H30BFO4S/c1-32(2)33(3,4)39-34(38-32)24-12-16-26(17-13-24)37-30-28-19-18-27(36-21-22-8-6-5-7-9-22)20-29(28)40-31(30)23-10-14-25(35)15-11-23/h5-20H,21H2,1-4H3. The number of hydrogen-bond donors (Lipinski definition) is 0. The molecule has 1 aliphatic rings. The molecular weight excluding hydrogens is 522 g/mol. The van der Waals surface area contributed by atoms with Crippen LogP contribution >= 0.6 is 11.3 Å². The van der Waals surface area contributed by atoms with E-state index >= 15 is 0 Å². The molecule has 6 rings (SSSR count). The van der Waals surface area contributed by atoms with Gasteiger partial charge < -0.3 is 18.8 Å². The molecule has 202 valence electrons. The van der Waals surface area contributed by atoms with Gasteiger partial charge in [0.1, 0.15) is 23.9 Å². The highest BCUT2D eigenvalue weighted by atomic mass is 32.1.